The van der Waals surface area contributed by atoms with E-state index in [4.69, 9.17) is 9.47 Å². The van der Waals surface area contributed by atoms with Crippen LogP contribution in [0.2, 0.25) is 0 Å². The van der Waals surface area contributed by atoms with E-state index < -0.39 is 0 Å². The molecule has 14 heavy (non-hydrogen) atoms. The lowest BCUT2D eigenvalue weighted by Crippen LogP contribution is -2.22. The van der Waals surface area contributed by atoms with E-state index in [2.05, 4.69) is 6.92 Å². The van der Waals surface area contributed by atoms with E-state index in [0.717, 1.165) is 19.1 Å². The van der Waals surface area contributed by atoms with Crippen molar-refractivity contribution in [2.24, 2.45) is 11.3 Å². The molecule has 3 nitrogen and oxygen atoms in total. The normalized spacial score (nSPS) is 21.1. The third-order valence-corrected chi connectivity index (χ3v) is 2.68. The van der Waals surface area contributed by atoms with Crippen LogP contribution in [-0.4, -0.2) is 25.8 Å². The summed E-state index contributed by atoms with van der Waals surface area (Å²) in [7, 11) is 0. The first-order valence-corrected chi connectivity index (χ1v) is 5.25. The predicted octanol–water partition coefficient (Wildman–Crippen LogP) is 2.00. The number of hydrogen-bond acceptors (Lipinski definition) is 3. The Kier molecular flexibility index (Phi) is 4.08. The molecular formula is C11H20O3. The summed E-state index contributed by atoms with van der Waals surface area (Å²) in [6.07, 6.45) is 2.82. The Labute approximate surface area is 85.8 Å². The van der Waals surface area contributed by atoms with Crippen LogP contribution in [0, 0.1) is 11.3 Å². The number of ether oxygens (including phenoxy) is 2. The summed E-state index contributed by atoms with van der Waals surface area (Å²) >= 11 is 0. The average molecular weight is 200 g/mol. The van der Waals surface area contributed by atoms with Crippen molar-refractivity contribution >= 4 is 6.29 Å². The monoisotopic (exact) mass is 200 g/mol. The van der Waals surface area contributed by atoms with Gasteiger partial charge in [0, 0.05) is 11.3 Å². The maximum absolute atomic E-state index is 10.7. The van der Waals surface area contributed by atoms with Gasteiger partial charge < -0.3 is 14.3 Å². The van der Waals surface area contributed by atoms with Crippen LogP contribution in [0.1, 0.15) is 33.6 Å². The van der Waals surface area contributed by atoms with Gasteiger partial charge in [0.15, 0.2) is 6.29 Å². The van der Waals surface area contributed by atoms with Crippen molar-refractivity contribution in [2.75, 3.05) is 13.2 Å². The van der Waals surface area contributed by atoms with Gasteiger partial charge in [-0.15, -0.1) is 0 Å². The summed E-state index contributed by atoms with van der Waals surface area (Å²) in [4.78, 5) is 10.7. The molecule has 0 spiro atoms. The zero-order valence-electron chi connectivity index (χ0n) is 9.29. The van der Waals surface area contributed by atoms with Crippen LogP contribution < -0.4 is 0 Å². The molecule has 0 N–H and O–H groups in total. The first kappa shape index (κ1) is 11.7. The van der Waals surface area contributed by atoms with Gasteiger partial charge in [-0.3, -0.25) is 0 Å². The zero-order chi connectivity index (χ0) is 10.6. The summed E-state index contributed by atoms with van der Waals surface area (Å²) in [6.45, 7) is 7.43. The molecule has 0 aromatic carbocycles. The summed E-state index contributed by atoms with van der Waals surface area (Å²) < 4.78 is 10.8. The summed E-state index contributed by atoms with van der Waals surface area (Å²) in [5.74, 6) is 0.372. The van der Waals surface area contributed by atoms with E-state index in [9.17, 15) is 4.79 Å². The highest BCUT2D eigenvalue weighted by Crippen LogP contribution is 2.26. The van der Waals surface area contributed by atoms with Crippen molar-refractivity contribution in [3.8, 4) is 0 Å². The third-order valence-electron chi connectivity index (χ3n) is 2.68. The molecule has 1 aliphatic rings. The molecule has 0 radical (unpaired) electrons. The molecule has 3 heteroatoms. The molecule has 1 rings (SSSR count). The van der Waals surface area contributed by atoms with Crippen LogP contribution in [0.4, 0.5) is 0 Å². The molecule has 1 atom stereocenters. The summed E-state index contributed by atoms with van der Waals surface area (Å²) in [5.41, 5.74) is -0.215. The lowest BCUT2D eigenvalue weighted by Gasteiger charge is -2.22. The Morgan fingerprint density at radius 2 is 2.00 bits per heavy atom. The number of rotatable bonds is 5. The van der Waals surface area contributed by atoms with Crippen molar-refractivity contribution in [3.63, 3.8) is 0 Å². The highest BCUT2D eigenvalue weighted by molar-refractivity contribution is 5.57. The molecule has 0 aromatic rings. The number of carbonyl (C=O) groups is 1. The number of carbonyl (C=O) groups excluding carboxylic acids is 1. The minimum Gasteiger partial charge on any atom is -0.350 e. The lowest BCUT2D eigenvalue weighted by atomic mass is 9.86. The Hall–Kier alpha value is -0.410. The second-order valence-corrected chi connectivity index (χ2v) is 4.73. The summed E-state index contributed by atoms with van der Waals surface area (Å²) in [6, 6.07) is 0. The fourth-order valence-corrected chi connectivity index (χ4v) is 1.50. The zero-order valence-corrected chi connectivity index (χ0v) is 9.29. The van der Waals surface area contributed by atoms with Crippen molar-refractivity contribution in [1.82, 2.24) is 0 Å². The molecule has 1 heterocycles. The summed E-state index contributed by atoms with van der Waals surface area (Å²) in [5, 5.41) is 0. The molecule has 0 amide bonds. The van der Waals surface area contributed by atoms with Gasteiger partial charge in [0.1, 0.15) is 6.29 Å². The fourth-order valence-electron chi connectivity index (χ4n) is 1.50. The van der Waals surface area contributed by atoms with Gasteiger partial charge in [-0.2, -0.15) is 0 Å². The molecule has 1 fully saturated rings. The maximum atomic E-state index is 10.7. The van der Waals surface area contributed by atoms with Crippen LogP contribution in [0.5, 0.6) is 0 Å². The maximum Gasteiger partial charge on any atom is 0.160 e. The average Bonchev–Trinajstić information content (AvgIpc) is 2.67. The molecule has 0 aromatic heterocycles. The van der Waals surface area contributed by atoms with Gasteiger partial charge in [-0.05, 0) is 12.8 Å². The highest BCUT2D eigenvalue weighted by atomic mass is 16.7. The van der Waals surface area contributed by atoms with Gasteiger partial charge >= 0.3 is 0 Å². The topological polar surface area (TPSA) is 35.5 Å². The van der Waals surface area contributed by atoms with E-state index in [1.165, 1.54) is 0 Å². The minimum atomic E-state index is -0.215. The Morgan fingerprint density at radius 1 is 1.43 bits per heavy atom. The van der Waals surface area contributed by atoms with E-state index in [-0.39, 0.29) is 11.7 Å². The predicted molar refractivity (Wildman–Crippen MR) is 53.9 cm³/mol. The molecule has 1 aliphatic heterocycles. The second-order valence-electron chi connectivity index (χ2n) is 4.73. The smallest absolute Gasteiger partial charge is 0.160 e. The van der Waals surface area contributed by atoms with Crippen molar-refractivity contribution in [2.45, 2.75) is 39.9 Å². The Morgan fingerprint density at radius 3 is 2.50 bits per heavy atom. The molecule has 0 aliphatic carbocycles. The first-order valence-electron chi connectivity index (χ1n) is 5.25. The Bertz CT molecular complexity index is 183. The Balaban J connectivity index is 2.26. The molecule has 0 saturated carbocycles. The van der Waals surface area contributed by atoms with Gasteiger partial charge in [-0.1, -0.05) is 20.8 Å². The van der Waals surface area contributed by atoms with Gasteiger partial charge in [0.25, 0.3) is 0 Å². The molecule has 1 unspecified atom stereocenters. The first-order chi connectivity index (χ1) is 6.55. The van der Waals surface area contributed by atoms with Crippen molar-refractivity contribution in [3.05, 3.63) is 0 Å². The van der Waals surface area contributed by atoms with Gasteiger partial charge in [0.2, 0.25) is 0 Å². The van der Waals surface area contributed by atoms with Crippen molar-refractivity contribution in [1.29, 1.82) is 0 Å². The van der Waals surface area contributed by atoms with E-state index in [0.29, 0.717) is 19.1 Å². The van der Waals surface area contributed by atoms with Gasteiger partial charge in [-0.25, -0.2) is 0 Å². The quantitative estimate of drug-likeness (QED) is 0.637. The van der Waals surface area contributed by atoms with Crippen LogP contribution in [-0.2, 0) is 14.3 Å². The largest absolute Gasteiger partial charge is 0.350 e. The molecule has 82 valence electrons. The molecule has 0 bridgehead atoms. The van der Waals surface area contributed by atoms with Gasteiger partial charge in [0.05, 0.1) is 13.2 Å². The standard InChI is InChI=1S/C11H20O3/c1-9(10-13-6-7-14-10)4-5-11(2,3)8-12/h8-10H,4-7H2,1-3H3. The van der Waals surface area contributed by atoms with Crippen LogP contribution >= 0.6 is 0 Å². The van der Waals surface area contributed by atoms with Crippen molar-refractivity contribution < 1.29 is 14.3 Å². The van der Waals surface area contributed by atoms with E-state index >= 15 is 0 Å². The SMILES string of the molecule is CC(CCC(C)(C)C=O)C1OCCO1. The fraction of sp³-hybridized carbons (Fsp3) is 0.909. The van der Waals surface area contributed by atoms with Crippen LogP contribution in [0.25, 0.3) is 0 Å². The molecule has 1 saturated heterocycles. The number of aldehydes is 1. The van der Waals surface area contributed by atoms with Crippen LogP contribution in [0.15, 0.2) is 0 Å². The second kappa shape index (κ2) is 4.89. The van der Waals surface area contributed by atoms with E-state index in [1.807, 2.05) is 13.8 Å². The third kappa shape index (κ3) is 3.39. The molecular weight excluding hydrogens is 180 g/mol. The van der Waals surface area contributed by atoms with E-state index in [1.54, 1.807) is 0 Å². The highest BCUT2D eigenvalue weighted by Gasteiger charge is 2.25. The number of hydrogen-bond donors (Lipinski definition) is 0. The lowest BCUT2D eigenvalue weighted by molar-refractivity contribution is -0.116. The minimum absolute atomic E-state index is 0.0579. The van der Waals surface area contributed by atoms with Crippen LogP contribution in [0.3, 0.4) is 0 Å².